The van der Waals surface area contributed by atoms with E-state index in [4.69, 9.17) is 10.5 Å². The average molecular weight is 230 g/mol. The Morgan fingerprint density at radius 1 is 1.38 bits per heavy atom. The Morgan fingerprint density at radius 2 is 1.88 bits per heavy atom. The van der Waals surface area contributed by atoms with Crippen molar-refractivity contribution in [1.29, 1.82) is 0 Å². The standard InChI is InChI=1S/C11H22N2O3/c1-6-11(7(2)3,10(12)15)13-9(14)8(4)16-5/h7-8H,6H2,1-5H3,(H2,12,15)(H,13,14). The largest absolute Gasteiger partial charge is 0.372 e. The van der Waals surface area contributed by atoms with Crippen molar-refractivity contribution in [3.8, 4) is 0 Å². The van der Waals surface area contributed by atoms with Crippen molar-refractivity contribution >= 4 is 11.8 Å². The molecule has 0 rings (SSSR count). The smallest absolute Gasteiger partial charge is 0.249 e. The monoisotopic (exact) mass is 230 g/mol. The van der Waals surface area contributed by atoms with Gasteiger partial charge < -0.3 is 15.8 Å². The van der Waals surface area contributed by atoms with Gasteiger partial charge in [-0.05, 0) is 19.3 Å². The molecule has 0 aliphatic carbocycles. The van der Waals surface area contributed by atoms with Crippen molar-refractivity contribution in [3.63, 3.8) is 0 Å². The molecule has 94 valence electrons. The van der Waals surface area contributed by atoms with Gasteiger partial charge in [-0.15, -0.1) is 0 Å². The highest BCUT2D eigenvalue weighted by atomic mass is 16.5. The number of primary amides is 1. The molecule has 3 N–H and O–H groups in total. The van der Waals surface area contributed by atoms with E-state index in [0.717, 1.165) is 0 Å². The molecule has 0 saturated carbocycles. The van der Waals surface area contributed by atoms with Crippen LogP contribution in [0.15, 0.2) is 0 Å². The van der Waals surface area contributed by atoms with Gasteiger partial charge in [0.05, 0.1) is 0 Å². The van der Waals surface area contributed by atoms with E-state index in [-0.39, 0.29) is 11.8 Å². The maximum atomic E-state index is 11.7. The first-order valence-corrected chi connectivity index (χ1v) is 5.46. The van der Waals surface area contributed by atoms with Crippen LogP contribution in [0.5, 0.6) is 0 Å². The van der Waals surface area contributed by atoms with Gasteiger partial charge in [-0.3, -0.25) is 9.59 Å². The van der Waals surface area contributed by atoms with E-state index in [1.54, 1.807) is 6.92 Å². The van der Waals surface area contributed by atoms with Crippen LogP contribution in [0.3, 0.4) is 0 Å². The van der Waals surface area contributed by atoms with E-state index in [2.05, 4.69) is 5.32 Å². The maximum absolute atomic E-state index is 11.7. The molecule has 0 saturated heterocycles. The third kappa shape index (κ3) is 2.95. The fourth-order valence-corrected chi connectivity index (χ4v) is 1.59. The molecule has 5 nitrogen and oxygen atoms in total. The van der Waals surface area contributed by atoms with E-state index < -0.39 is 17.6 Å². The number of nitrogens with one attached hydrogen (secondary N) is 1. The zero-order valence-corrected chi connectivity index (χ0v) is 10.7. The number of carbonyl (C=O) groups is 2. The van der Waals surface area contributed by atoms with Gasteiger partial charge >= 0.3 is 0 Å². The molecule has 2 atom stereocenters. The third-order valence-electron chi connectivity index (χ3n) is 3.05. The van der Waals surface area contributed by atoms with Crippen LogP contribution in [0, 0.1) is 5.92 Å². The van der Waals surface area contributed by atoms with E-state index in [0.29, 0.717) is 6.42 Å². The highest BCUT2D eigenvalue weighted by Crippen LogP contribution is 2.21. The van der Waals surface area contributed by atoms with Crippen molar-refractivity contribution in [2.75, 3.05) is 7.11 Å². The Balaban J connectivity index is 4.94. The fraction of sp³-hybridized carbons (Fsp3) is 0.818. The van der Waals surface area contributed by atoms with Crippen LogP contribution in [0.2, 0.25) is 0 Å². The molecule has 2 unspecified atom stereocenters. The van der Waals surface area contributed by atoms with Crippen LogP contribution < -0.4 is 11.1 Å². The molecule has 0 spiro atoms. The second-order valence-electron chi connectivity index (χ2n) is 4.21. The molecular weight excluding hydrogens is 208 g/mol. The number of rotatable bonds is 6. The van der Waals surface area contributed by atoms with Gasteiger partial charge in [0, 0.05) is 7.11 Å². The molecule has 0 aromatic rings. The predicted octanol–water partition coefficient (Wildman–Crippen LogP) is 0.428. The Hall–Kier alpha value is -1.10. The predicted molar refractivity (Wildman–Crippen MR) is 61.7 cm³/mol. The van der Waals surface area contributed by atoms with Crippen molar-refractivity contribution in [1.82, 2.24) is 5.32 Å². The van der Waals surface area contributed by atoms with Crippen LogP contribution in [-0.4, -0.2) is 30.6 Å². The number of hydrogen-bond acceptors (Lipinski definition) is 3. The number of carbonyl (C=O) groups excluding carboxylic acids is 2. The van der Waals surface area contributed by atoms with Gasteiger partial charge in [0.25, 0.3) is 0 Å². The molecule has 0 radical (unpaired) electrons. The lowest BCUT2D eigenvalue weighted by atomic mass is 9.83. The third-order valence-corrected chi connectivity index (χ3v) is 3.05. The summed E-state index contributed by atoms with van der Waals surface area (Å²) in [6.07, 6.45) is -0.133. The topological polar surface area (TPSA) is 81.4 Å². The maximum Gasteiger partial charge on any atom is 0.249 e. The van der Waals surface area contributed by atoms with Gasteiger partial charge in [0.1, 0.15) is 11.6 Å². The number of amides is 2. The molecule has 0 aliphatic heterocycles. The van der Waals surface area contributed by atoms with Crippen molar-refractivity contribution < 1.29 is 14.3 Å². The molecule has 0 aliphatic rings. The fourth-order valence-electron chi connectivity index (χ4n) is 1.59. The Labute approximate surface area is 96.7 Å². The summed E-state index contributed by atoms with van der Waals surface area (Å²) in [7, 11) is 1.44. The van der Waals surface area contributed by atoms with E-state index in [1.165, 1.54) is 7.11 Å². The SMILES string of the molecule is CCC(NC(=O)C(C)OC)(C(N)=O)C(C)C. The minimum Gasteiger partial charge on any atom is -0.372 e. The number of ether oxygens (including phenoxy) is 1. The second-order valence-corrected chi connectivity index (χ2v) is 4.21. The molecule has 0 aromatic carbocycles. The second kappa shape index (κ2) is 5.84. The Kier molecular flexibility index (Phi) is 5.44. The lowest BCUT2D eigenvalue weighted by molar-refractivity contribution is -0.138. The first-order valence-electron chi connectivity index (χ1n) is 5.46. The number of hydrogen-bond donors (Lipinski definition) is 2. The lowest BCUT2D eigenvalue weighted by Gasteiger charge is -2.35. The van der Waals surface area contributed by atoms with E-state index in [1.807, 2.05) is 20.8 Å². The summed E-state index contributed by atoms with van der Waals surface area (Å²) >= 11 is 0. The van der Waals surface area contributed by atoms with Crippen LogP contribution in [0.1, 0.15) is 34.1 Å². The normalized spacial score (nSPS) is 16.6. The summed E-state index contributed by atoms with van der Waals surface area (Å²) in [5.41, 5.74) is 4.38. The summed E-state index contributed by atoms with van der Waals surface area (Å²) in [6.45, 7) is 7.15. The minimum atomic E-state index is -0.996. The molecule has 2 amide bonds. The van der Waals surface area contributed by atoms with Gasteiger partial charge in [-0.25, -0.2) is 0 Å². The molecule has 0 aromatic heterocycles. The van der Waals surface area contributed by atoms with Crippen LogP contribution in [0.4, 0.5) is 0 Å². The zero-order valence-electron chi connectivity index (χ0n) is 10.7. The summed E-state index contributed by atoms with van der Waals surface area (Å²) in [5, 5.41) is 2.69. The van der Waals surface area contributed by atoms with E-state index >= 15 is 0 Å². The Bertz CT molecular complexity index is 266. The highest BCUT2D eigenvalue weighted by molar-refractivity contribution is 5.92. The zero-order chi connectivity index (χ0) is 12.9. The van der Waals surface area contributed by atoms with Gasteiger partial charge in [-0.2, -0.15) is 0 Å². The first-order chi connectivity index (χ1) is 7.31. The summed E-state index contributed by atoms with van der Waals surface area (Å²) in [4.78, 5) is 23.2. The Morgan fingerprint density at radius 3 is 2.12 bits per heavy atom. The minimum absolute atomic E-state index is 0.0667. The van der Waals surface area contributed by atoms with Crippen LogP contribution >= 0.6 is 0 Å². The number of methoxy groups -OCH3 is 1. The lowest BCUT2D eigenvalue weighted by Crippen LogP contribution is -2.62. The van der Waals surface area contributed by atoms with E-state index in [9.17, 15) is 9.59 Å². The van der Waals surface area contributed by atoms with Crippen LogP contribution in [-0.2, 0) is 14.3 Å². The molecule has 16 heavy (non-hydrogen) atoms. The summed E-state index contributed by atoms with van der Waals surface area (Å²) < 4.78 is 4.90. The van der Waals surface area contributed by atoms with Crippen LogP contribution in [0.25, 0.3) is 0 Å². The molecular formula is C11H22N2O3. The van der Waals surface area contributed by atoms with Gasteiger partial charge in [0.15, 0.2) is 0 Å². The molecule has 0 bridgehead atoms. The molecule has 5 heteroatoms. The molecule has 0 fully saturated rings. The van der Waals surface area contributed by atoms with Crippen molar-refractivity contribution in [2.45, 2.75) is 45.8 Å². The van der Waals surface area contributed by atoms with Crippen molar-refractivity contribution in [3.05, 3.63) is 0 Å². The number of nitrogens with two attached hydrogens (primary N) is 1. The van der Waals surface area contributed by atoms with Gasteiger partial charge in [-0.1, -0.05) is 20.8 Å². The average Bonchev–Trinajstić information content (AvgIpc) is 2.23. The van der Waals surface area contributed by atoms with Gasteiger partial charge in [0.2, 0.25) is 11.8 Å². The van der Waals surface area contributed by atoms with Crippen molar-refractivity contribution in [2.24, 2.45) is 11.7 Å². The summed E-state index contributed by atoms with van der Waals surface area (Å²) in [5.74, 6) is -0.901. The highest BCUT2D eigenvalue weighted by Gasteiger charge is 2.40. The quantitative estimate of drug-likeness (QED) is 0.694. The first kappa shape index (κ1) is 14.9. The molecule has 0 heterocycles. The summed E-state index contributed by atoms with van der Waals surface area (Å²) in [6, 6.07) is 0.